The van der Waals surface area contributed by atoms with E-state index in [-0.39, 0.29) is 11.3 Å². The van der Waals surface area contributed by atoms with Gasteiger partial charge in [0.2, 0.25) is 0 Å². The summed E-state index contributed by atoms with van der Waals surface area (Å²) in [4.78, 5) is 12.3. The van der Waals surface area contributed by atoms with E-state index in [9.17, 15) is 4.79 Å². The predicted molar refractivity (Wildman–Crippen MR) is 119 cm³/mol. The number of nitrogens with one attached hydrogen (secondary N) is 1. The van der Waals surface area contributed by atoms with Crippen LogP contribution in [-0.2, 0) is 10.2 Å². The highest BCUT2D eigenvalue weighted by Crippen LogP contribution is 2.26. The van der Waals surface area contributed by atoms with E-state index in [2.05, 4.69) is 38.2 Å². The molecule has 3 rings (SSSR count). The first-order valence-electron chi connectivity index (χ1n) is 9.02. The van der Waals surface area contributed by atoms with Gasteiger partial charge in [-0.15, -0.1) is 0 Å². The Labute approximate surface area is 175 Å². The second-order valence-corrected chi connectivity index (χ2v) is 9.11. The van der Waals surface area contributed by atoms with Gasteiger partial charge in [-0.05, 0) is 46.9 Å². The van der Waals surface area contributed by atoms with Crippen molar-refractivity contribution in [2.45, 2.75) is 26.2 Å². The Morgan fingerprint density at radius 3 is 1.96 bits per heavy atom. The third-order valence-corrected chi connectivity index (χ3v) is 5.32. The fourth-order valence-electron chi connectivity index (χ4n) is 2.60. The van der Waals surface area contributed by atoms with Crippen LogP contribution in [0.25, 0.3) is 6.08 Å². The van der Waals surface area contributed by atoms with Crippen LogP contribution in [0.2, 0.25) is 0 Å². The molecule has 6 heteroatoms. The summed E-state index contributed by atoms with van der Waals surface area (Å²) in [5.74, 6) is 1.44. The predicted octanol–water partition coefficient (Wildman–Crippen LogP) is 4.93. The van der Waals surface area contributed by atoms with Crippen LogP contribution in [-0.4, -0.2) is 23.4 Å². The second-order valence-electron chi connectivity index (χ2n) is 7.39. The van der Waals surface area contributed by atoms with Crippen molar-refractivity contribution in [3.63, 3.8) is 0 Å². The second kappa shape index (κ2) is 8.80. The highest BCUT2D eigenvalue weighted by molar-refractivity contribution is 8.26. The molecule has 1 aliphatic heterocycles. The molecule has 1 heterocycles. The number of ether oxygens (including phenoxy) is 2. The zero-order valence-electron chi connectivity index (χ0n) is 16.2. The number of hydrogen-bond donors (Lipinski definition) is 1. The fourth-order valence-corrected chi connectivity index (χ4v) is 3.65. The van der Waals surface area contributed by atoms with Gasteiger partial charge in [0.15, 0.2) is 0 Å². The number of hydrogen-bond acceptors (Lipinski definition) is 5. The fraction of sp³-hybridized carbons (Fsp3) is 0.273. The summed E-state index contributed by atoms with van der Waals surface area (Å²) < 4.78 is 11.9. The smallest absolute Gasteiger partial charge is 0.263 e. The number of carbonyl (C=O) groups is 1. The van der Waals surface area contributed by atoms with Crippen LogP contribution in [0, 0.1) is 0 Å². The zero-order valence-corrected chi connectivity index (χ0v) is 17.8. The summed E-state index contributed by atoms with van der Waals surface area (Å²) in [5.41, 5.74) is 2.34. The van der Waals surface area contributed by atoms with Crippen LogP contribution in [0.5, 0.6) is 11.5 Å². The van der Waals surface area contributed by atoms with Crippen molar-refractivity contribution in [2.75, 3.05) is 13.2 Å². The molecular formula is C22H23NO3S2. The SMILES string of the molecule is CC(C)(C)c1ccc(OCCOc2ccc(C=C3SC(=S)NC3=O)cc2)cc1. The van der Waals surface area contributed by atoms with E-state index in [1.807, 2.05) is 42.5 Å². The normalized spacial score (nSPS) is 15.6. The molecule has 4 nitrogen and oxygen atoms in total. The van der Waals surface area contributed by atoms with Crippen molar-refractivity contribution in [2.24, 2.45) is 0 Å². The van der Waals surface area contributed by atoms with E-state index in [1.54, 1.807) is 0 Å². The van der Waals surface area contributed by atoms with Crippen LogP contribution >= 0.6 is 24.0 Å². The van der Waals surface area contributed by atoms with Crippen molar-refractivity contribution in [3.8, 4) is 11.5 Å². The molecule has 1 fully saturated rings. The molecule has 1 amide bonds. The van der Waals surface area contributed by atoms with Gasteiger partial charge in [0, 0.05) is 0 Å². The lowest BCUT2D eigenvalue weighted by molar-refractivity contribution is -0.115. The highest BCUT2D eigenvalue weighted by Gasteiger charge is 2.21. The van der Waals surface area contributed by atoms with Gasteiger partial charge in [-0.3, -0.25) is 4.79 Å². The van der Waals surface area contributed by atoms with Gasteiger partial charge in [0.1, 0.15) is 29.0 Å². The van der Waals surface area contributed by atoms with E-state index >= 15 is 0 Å². The van der Waals surface area contributed by atoms with Crippen molar-refractivity contribution in [3.05, 3.63) is 64.6 Å². The lowest BCUT2D eigenvalue weighted by atomic mass is 9.87. The molecule has 0 aromatic heterocycles. The standard InChI is InChI=1S/C22H23NO3S2/c1-22(2,3)16-6-10-18(11-7-16)26-13-12-25-17-8-4-15(5-9-17)14-19-20(24)23-21(27)28-19/h4-11,14H,12-13H2,1-3H3,(H,23,24,27). The average Bonchev–Trinajstić information content (AvgIpc) is 2.97. The monoisotopic (exact) mass is 413 g/mol. The molecular weight excluding hydrogens is 390 g/mol. The molecule has 2 aromatic rings. The van der Waals surface area contributed by atoms with E-state index < -0.39 is 0 Å². The van der Waals surface area contributed by atoms with E-state index in [1.165, 1.54) is 17.3 Å². The summed E-state index contributed by atoms with van der Waals surface area (Å²) in [6.45, 7) is 7.49. The Bertz CT molecular complexity index is 881. The van der Waals surface area contributed by atoms with E-state index in [0.29, 0.717) is 22.4 Å². The third-order valence-electron chi connectivity index (χ3n) is 4.16. The number of rotatable bonds is 6. The Kier molecular flexibility index (Phi) is 6.42. The molecule has 0 radical (unpaired) electrons. The minimum Gasteiger partial charge on any atom is -0.490 e. The molecule has 28 heavy (non-hydrogen) atoms. The zero-order chi connectivity index (χ0) is 20.1. The summed E-state index contributed by atoms with van der Waals surface area (Å²) in [6, 6.07) is 15.7. The van der Waals surface area contributed by atoms with Crippen LogP contribution in [0.4, 0.5) is 0 Å². The number of benzene rings is 2. The highest BCUT2D eigenvalue weighted by atomic mass is 32.2. The van der Waals surface area contributed by atoms with Gasteiger partial charge in [-0.25, -0.2) is 0 Å². The lowest BCUT2D eigenvalue weighted by Gasteiger charge is -2.19. The van der Waals surface area contributed by atoms with Crippen molar-refractivity contribution in [1.82, 2.24) is 5.32 Å². The first kappa shape index (κ1) is 20.4. The number of thioether (sulfide) groups is 1. The minimum absolute atomic E-state index is 0.135. The molecule has 2 aromatic carbocycles. The van der Waals surface area contributed by atoms with Crippen LogP contribution in [0.3, 0.4) is 0 Å². The lowest BCUT2D eigenvalue weighted by Crippen LogP contribution is -2.17. The molecule has 1 aliphatic rings. The maximum Gasteiger partial charge on any atom is 0.263 e. The van der Waals surface area contributed by atoms with Crippen molar-refractivity contribution in [1.29, 1.82) is 0 Å². The molecule has 0 unspecified atom stereocenters. The molecule has 0 aliphatic carbocycles. The summed E-state index contributed by atoms with van der Waals surface area (Å²) in [7, 11) is 0. The number of thiocarbonyl (C=S) groups is 1. The third kappa shape index (κ3) is 5.59. The Hall–Kier alpha value is -2.31. The molecule has 0 atom stereocenters. The van der Waals surface area contributed by atoms with Crippen molar-refractivity contribution < 1.29 is 14.3 Å². The van der Waals surface area contributed by atoms with Crippen LogP contribution < -0.4 is 14.8 Å². The molecule has 0 spiro atoms. The van der Waals surface area contributed by atoms with E-state index in [4.69, 9.17) is 21.7 Å². The first-order valence-corrected chi connectivity index (χ1v) is 10.2. The molecule has 1 N–H and O–H groups in total. The minimum atomic E-state index is -0.150. The van der Waals surface area contributed by atoms with Crippen molar-refractivity contribution >= 4 is 40.3 Å². The van der Waals surface area contributed by atoms with E-state index in [0.717, 1.165) is 17.1 Å². The van der Waals surface area contributed by atoms with Gasteiger partial charge in [0.25, 0.3) is 5.91 Å². The Morgan fingerprint density at radius 2 is 1.50 bits per heavy atom. The average molecular weight is 414 g/mol. The summed E-state index contributed by atoms with van der Waals surface area (Å²) >= 11 is 6.26. The van der Waals surface area contributed by atoms with Gasteiger partial charge >= 0.3 is 0 Å². The number of carbonyl (C=O) groups excluding carboxylic acids is 1. The summed E-state index contributed by atoms with van der Waals surface area (Å²) in [6.07, 6.45) is 1.81. The topological polar surface area (TPSA) is 47.6 Å². The van der Waals surface area contributed by atoms with Gasteiger partial charge in [0.05, 0.1) is 4.91 Å². The molecule has 146 valence electrons. The largest absolute Gasteiger partial charge is 0.490 e. The van der Waals surface area contributed by atoms with Gasteiger partial charge in [-0.1, -0.05) is 69.0 Å². The van der Waals surface area contributed by atoms with Crippen LogP contribution in [0.15, 0.2) is 53.4 Å². The Morgan fingerprint density at radius 1 is 0.964 bits per heavy atom. The Balaban J connectivity index is 1.46. The van der Waals surface area contributed by atoms with Gasteiger partial charge < -0.3 is 14.8 Å². The number of amides is 1. The summed E-state index contributed by atoms with van der Waals surface area (Å²) in [5, 5.41) is 2.61. The van der Waals surface area contributed by atoms with Crippen LogP contribution in [0.1, 0.15) is 31.9 Å². The quantitative estimate of drug-likeness (QED) is 0.413. The molecule has 1 saturated heterocycles. The molecule has 0 saturated carbocycles. The molecule has 0 bridgehead atoms. The maximum atomic E-state index is 11.7. The maximum absolute atomic E-state index is 11.7. The van der Waals surface area contributed by atoms with Gasteiger partial charge in [-0.2, -0.15) is 0 Å². The first-order chi connectivity index (χ1) is 13.3.